The van der Waals surface area contributed by atoms with Crippen LogP contribution in [-0.2, 0) is 6.54 Å². The Labute approximate surface area is 171 Å². The molecular formula is C23H28N2O4+2. The first-order chi connectivity index (χ1) is 14.0. The summed E-state index contributed by atoms with van der Waals surface area (Å²) in [6, 6.07) is 9.15. The molecule has 2 aliphatic heterocycles. The zero-order valence-electron chi connectivity index (χ0n) is 17.2. The summed E-state index contributed by atoms with van der Waals surface area (Å²) in [7, 11) is 3.82. The highest BCUT2D eigenvalue weighted by molar-refractivity contribution is 6.15. The number of aryl methyl sites for hydroxylation is 1. The molecular weight excluding hydrogens is 368 g/mol. The van der Waals surface area contributed by atoms with Gasteiger partial charge in [0.05, 0.1) is 25.3 Å². The first kappa shape index (κ1) is 19.5. The zero-order valence-corrected chi connectivity index (χ0v) is 17.2. The van der Waals surface area contributed by atoms with Gasteiger partial charge in [-0.25, -0.2) is 0 Å². The second-order valence-electron chi connectivity index (χ2n) is 7.99. The van der Waals surface area contributed by atoms with E-state index in [1.165, 1.54) is 9.80 Å². The highest BCUT2D eigenvalue weighted by Crippen LogP contribution is 2.41. The highest BCUT2D eigenvalue weighted by atomic mass is 16.5. The van der Waals surface area contributed by atoms with Crippen LogP contribution in [0.2, 0.25) is 0 Å². The fraction of sp³-hybridized carbons (Fsp3) is 0.348. The smallest absolute Gasteiger partial charge is 0.232 e. The Morgan fingerprint density at radius 1 is 1.17 bits per heavy atom. The van der Waals surface area contributed by atoms with E-state index in [-0.39, 0.29) is 17.3 Å². The topological polar surface area (TPSA) is 64.6 Å². The molecule has 0 aliphatic carbocycles. The number of ketones is 1. The number of hydrogen-bond donors (Lipinski definition) is 3. The third-order valence-corrected chi connectivity index (χ3v) is 5.87. The number of likely N-dealkylation sites (N-methyl/N-ethyl adjacent to an activating group) is 1. The van der Waals surface area contributed by atoms with Crippen LogP contribution < -0.4 is 19.3 Å². The lowest BCUT2D eigenvalue weighted by Crippen LogP contribution is -3.26. The summed E-state index contributed by atoms with van der Waals surface area (Å²) in [4.78, 5) is 16.0. The van der Waals surface area contributed by atoms with Gasteiger partial charge in [-0.1, -0.05) is 12.1 Å². The van der Waals surface area contributed by atoms with E-state index in [0.717, 1.165) is 48.6 Å². The van der Waals surface area contributed by atoms with Gasteiger partial charge in [0.1, 0.15) is 44.2 Å². The highest BCUT2D eigenvalue weighted by Gasteiger charge is 2.35. The van der Waals surface area contributed by atoms with Gasteiger partial charge in [0.15, 0.2) is 11.5 Å². The molecule has 3 N–H and O–H groups in total. The van der Waals surface area contributed by atoms with Crippen molar-refractivity contribution in [3.63, 3.8) is 0 Å². The minimum Gasteiger partial charge on any atom is -0.507 e. The van der Waals surface area contributed by atoms with E-state index in [1.54, 1.807) is 19.3 Å². The van der Waals surface area contributed by atoms with E-state index in [1.807, 2.05) is 31.2 Å². The third kappa shape index (κ3) is 3.86. The van der Waals surface area contributed by atoms with Crippen molar-refractivity contribution >= 4 is 11.9 Å². The molecule has 0 spiro atoms. The van der Waals surface area contributed by atoms with E-state index in [0.29, 0.717) is 17.9 Å². The second kappa shape index (κ2) is 7.89. The molecule has 2 aromatic carbocycles. The average Bonchev–Trinajstić information content (AvgIpc) is 3.03. The number of hydrogen-bond acceptors (Lipinski definition) is 4. The molecule has 0 saturated carbocycles. The number of carbonyl (C=O) groups excluding carboxylic acids is 1. The van der Waals surface area contributed by atoms with Crippen molar-refractivity contribution in [1.29, 1.82) is 0 Å². The van der Waals surface area contributed by atoms with Crippen LogP contribution >= 0.6 is 0 Å². The number of phenolic OH excluding ortho intramolecular Hbond substituents is 1. The van der Waals surface area contributed by atoms with E-state index < -0.39 is 0 Å². The maximum Gasteiger partial charge on any atom is 0.232 e. The summed E-state index contributed by atoms with van der Waals surface area (Å²) in [5.74, 6) is 1.64. The number of phenols is 1. The number of allylic oxidation sites excluding steroid dienone is 1. The van der Waals surface area contributed by atoms with E-state index in [2.05, 4.69) is 7.05 Å². The molecule has 0 amide bonds. The maximum atomic E-state index is 13.0. The van der Waals surface area contributed by atoms with Gasteiger partial charge in [-0.15, -0.1) is 0 Å². The standard InChI is InChI=1S/C23H26N2O4/c1-15-12-19(26)18(14-25-10-8-24(2)9-11-25)23-21(15)22(27)20(29-23)13-16-4-6-17(28-3)7-5-16/h4-7,12-13,26H,8-11,14H2,1-3H3/p+2/b20-13-. The minimum atomic E-state index is -0.132. The molecule has 2 aromatic rings. The number of methoxy groups -OCH3 is 1. The van der Waals surface area contributed by atoms with Crippen molar-refractivity contribution in [1.82, 2.24) is 0 Å². The fourth-order valence-corrected chi connectivity index (χ4v) is 4.06. The van der Waals surface area contributed by atoms with Crippen LogP contribution in [-0.4, -0.2) is 51.2 Å². The van der Waals surface area contributed by atoms with Gasteiger partial charge in [0.2, 0.25) is 5.78 Å². The van der Waals surface area contributed by atoms with Crippen LogP contribution in [0.25, 0.3) is 6.08 Å². The van der Waals surface area contributed by atoms with Gasteiger partial charge < -0.3 is 24.4 Å². The number of piperazine rings is 1. The molecule has 4 rings (SSSR count). The predicted molar refractivity (Wildman–Crippen MR) is 110 cm³/mol. The number of carbonyl (C=O) groups is 1. The molecule has 29 heavy (non-hydrogen) atoms. The van der Waals surface area contributed by atoms with E-state index >= 15 is 0 Å². The van der Waals surface area contributed by atoms with Crippen molar-refractivity contribution in [3.8, 4) is 17.2 Å². The normalized spacial score (nSPS) is 22.4. The Morgan fingerprint density at radius 3 is 2.52 bits per heavy atom. The number of benzene rings is 2. The van der Waals surface area contributed by atoms with Gasteiger partial charge in [-0.2, -0.15) is 0 Å². The summed E-state index contributed by atoms with van der Waals surface area (Å²) in [6.45, 7) is 6.78. The van der Waals surface area contributed by atoms with Gasteiger partial charge in [-0.05, 0) is 42.3 Å². The Kier molecular flexibility index (Phi) is 5.30. The van der Waals surface area contributed by atoms with Crippen molar-refractivity contribution in [3.05, 3.63) is 58.3 Å². The van der Waals surface area contributed by atoms with Crippen molar-refractivity contribution in [2.24, 2.45) is 0 Å². The molecule has 6 heteroatoms. The van der Waals surface area contributed by atoms with Crippen LogP contribution in [0.1, 0.15) is 27.0 Å². The number of fused-ring (bicyclic) bond motifs is 1. The first-order valence-electron chi connectivity index (χ1n) is 10.0. The lowest BCUT2D eigenvalue weighted by molar-refractivity contribution is -1.01. The van der Waals surface area contributed by atoms with Crippen molar-refractivity contribution < 1.29 is 29.2 Å². The number of quaternary nitrogens is 2. The summed E-state index contributed by atoms with van der Waals surface area (Å²) in [6.07, 6.45) is 1.74. The Hall–Kier alpha value is -2.83. The van der Waals surface area contributed by atoms with Crippen LogP contribution in [0.3, 0.4) is 0 Å². The SMILES string of the molecule is COc1ccc(/C=C2\Oc3c(C[NH+]4CC[NH+](C)CC4)c(O)cc(C)c3C2=O)cc1. The van der Waals surface area contributed by atoms with E-state index in [9.17, 15) is 9.90 Å². The summed E-state index contributed by atoms with van der Waals surface area (Å²) in [5, 5.41) is 10.6. The zero-order chi connectivity index (χ0) is 20.5. The van der Waals surface area contributed by atoms with Crippen LogP contribution in [0.15, 0.2) is 36.1 Å². The quantitative estimate of drug-likeness (QED) is 0.648. The summed E-state index contributed by atoms with van der Waals surface area (Å²) < 4.78 is 11.2. The van der Waals surface area contributed by atoms with Crippen LogP contribution in [0, 0.1) is 6.92 Å². The Balaban J connectivity index is 1.64. The van der Waals surface area contributed by atoms with Crippen molar-refractivity contribution in [2.45, 2.75) is 13.5 Å². The van der Waals surface area contributed by atoms with Gasteiger partial charge in [0, 0.05) is 0 Å². The Bertz CT molecular complexity index is 958. The number of aromatic hydroxyl groups is 1. The molecule has 0 atom stereocenters. The molecule has 0 radical (unpaired) electrons. The number of nitrogens with one attached hydrogen (secondary N) is 2. The maximum absolute atomic E-state index is 13.0. The van der Waals surface area contributed by atoms with Crippen molar-refractivity contribution in [2.75, 3.05) is 40.3 Å². The molecule has 152 valence electrons. The summed E-state index contributed by atoms with van der Waals surface area (Å²) in [5.41, 5.74) is 2.89. The van der Waals surface area contributed by atoms with E-state index in [4.69, 9.17) is 9.47 Å². The second-order valence-corrected chi connectivity index (χ2v) is 7.99. The molecule has 0 bridgehead atoms. The lowest BCUT2D eigenvalue weighted by Gasteiger charge is -2.27. The number of ether oxygens (including phenoxy) is 2. The molecule has 1 fully saturated rings. The molecule has 0 aromatic heterocycles. The predicted octanol–water partition coefficient (Wildman–Crippen LogP) is 0.239. The average molecular weight is 396 g/mol. The molecule has 0 unspecified atom stereocenters. The monoisotopic (exact) mass is 396 g/mol. The Morgan fingerprint density at radius 2 is 1.86 bits per heavy atom. The lowest BCUT2D eigenvalue weighted by atomic mass is 9.99. The first-order valence-corrected chi connectivity index (χ1v) is 10.0. The minimum absolute atomic E-state index is 0.132. The molecule has 1 saturated heterocycles. The van der Waals surface area contributed by atoms with Gasteiger partial charge in [-0.3, -0.25) is 4.79 Å². The van der Waals surface area contributed by atoms with Gasteiger partial charge in [0.25, 0.3) is 0 Å². The number of Topliss-reactive ketones (excluding diaryl/α,β-unsaturated/α-hetero) is 1. The summed E-state index contributed by atoms with van der Waals surface area (Å²) >= 11 is 0. The molecule has 2 aliphatic rings. The van der Waals surface area contributed by atoms with Crippen LogP contribution in [0.5, 0.6) is 17.2 Å². The van der Waals surface area contributed by atoms with Gasteiger partial charge >= 0.3 is 0 Å². The molecule has 2 heterocycles. The largest absolute Gasteiger partial charge is 0.507 e. The third-order valence-electron chi connectivity index (χ3n) is 5.87. The fourth-order valence-electron chi connectivity index (χ4n) is 4.06. The molecule has 6 nitrogen and oxygen atoms in total. The van der Waals surface area contributed by atoms with Crippen LogP contribution in [0.4, 0.5) is 0 Å². The number of rotatable bonds is 4.